The molecule has 4 aromatic carbocycles. The van der Waals surface area contributed by atoms with Gasteiger partial charge < -0.3 is 24.4 Å². The second-order valence-corrected chi connectivity index (χ2v) is 11.8. The lowest BCUT2D eigenvalue weighted by Crippen LogP contribution is -2.03. The molecule has 0 aliphatic heterocycles. The van der Waals surface area contributed by atoms with Crippen molar-refractivity contribution in [2.24, 2.45) is 0 Å². The van der Waals surface area contributed by atoms with Crippen LogP contribution in [-0.2, 0) is 19.7 Å². The molecule has 0 atom stereocenters. The lowest BCUT2D eigenvalue weighted by Gasteiger charge is -2.15. The predicted molar refractivity (Wildman–Crippen MR) is 142 cm³/mol. The molecule has 9 nitrogen and oxygen atoms in total. The highest BCUT2D eigenvalue weighted by molar-refractivity contribution is 7.91. The Morgan fingerprint density at radius 2 is 0.846 bits per heavy atom. The summed E-state index contributed by atoms with van der Waals surface area (Å²) >= 11 is 0. The summed E-state index contributed by atoms with van der Waals surface area (Å²) in [6, 6.07) is 18.0. The molecule has 11 heteroatoms. The first-order valence-electron chi connectivity index (χ1n) is 11.2. The van der Waals surface area contributed by atoms with Gasteiger partial charge >= 0.3 is 0 Å². The molecule has 0 aliphatic rings. The van der Waals surface area contributed by atoms with Gasteiger partial charge in [0, 0.05) is 12.1 Å². The number of ether oxygens (including phenoxy) is 3. The molecule has 0 radical (unpaired) electrons. The van der Waals surface area contributed by atoms with Crippen LogP contribution < -0.4 is 14.2 Å². The molecule has 0 spiro atoms. The van der Waals surface area contributed by atoms with E-state index in [4.69, 9.17) is 14.2 Å². The van der Waals surface area contributed by atoms with Gasteiger partial charge in [0.05, 0.1) is 32.1 Å². The molecule has 0 unspecified atom stereocenters. The summed E-state index contributed by atoms with van der Waals surface area (Å²) < 4.78 is 69.0. The molecule has 0 aliphatic carbocycles. The highest BCUT2D eigenvalue weighted by Gasteiger charge is 2.23. The maximum Gasteiger partial charge on any atom is 0.206 e. The van der Waals surface area contributed by atoms with Crippen molar-refractivity contribution in [3.8, 4) is 34.5 Å². The summed E-state index contributed by atoms with van der Waals surface area (Å²) in [5, 5.41) is 18.9. The average molecular weight is 567 g/mol. The van der Waals surface area contributed by atoms with E-state index in [1.165, 1.54) is 84.9 Å². The molecule has 0 saturated heterocycles. The first-order valence-corrected chi connectivity index (χ1v) is 14.1. The quantitative estimate of drug-likeness (QED) is 0.235. The first-order chi connectivity index (χ1) is 18.6. The molecular weight excluding hydrogens is 544 g/mol. The fourth-order valence-electron chi connectivity index (χ4n) is 3.48. The van der Waals surface area contributed by atoms with Crippen molar-refractivity contribution in [2.75, 3.05) is 0 Å². The van der Waals surface area contributed by atoms with Gasteiger partial charge in [0.1, 0.15) is 11.5 Å². The molecule has 200 valence electrons. The number of rotatable bonds is 10. The lowest BCUT2D eigenvalue weighted by molar-refractivity contribution is 0.392. The molecule has 0 saturated carbocycles. The summed E-state index contributed by atoms with van der Waals surface area (Å²) in [5.41, 5.74) is 0. The Morgan fingerprint density at radius 1 is 0.513 bits per heavy atom. The molecule has 0 heterocycles. The van der Waals surface area contributed by atoms with E-state index in [2.05, 4.69) is 13.2 Å². The first kappa shape index (κ1) is 27.3. The molecule has 2 N–H and O–H groups in total. The van der Waals surface area contributed by atoms with Gasteiger partial charge in [-0.1, -0.05) is 13.2 Å². The van der Waals surface area contributed by atoms with Crippen LogP contribution in [0.15, 0.2) is 130 Å². The van der Waals surface area contributed by atoms with Crippen LogP contribution in [0, 0.1) is 0 Å². The van der Waals surface area contributed by atoms with E-state index in [9.17, 15) is 27.0 Å². The number of benzene rings is 4. The van der Waals surface area contributed by atoms with E-state index in [1.807, 2.05) is 0 Å². The molecule has 4 rings (SSSR count). The Balaban J connectivity index is 1.71. The molecule has 0 amide bonds. The van der Waals surface area contributed by atoms with Crippen LogP contribution in [0.2, 0.25) is 0 Å². The van der Waals surface area contributed by atoms with Crippen LogP contribution in [-0.4, -0.2) is 27.0 Å². The SMILES string of the molecule is C=COc1cc(S(=O)(=O)c2ccc(O)cc2)ccc1Oc1ccc(S(=O)(=O)c2ccc(O)cc2)cc1OC=C. The number of aromatic hydroxyl groups is 2. The Bertz CT molecular complexity index is 1610. The highest BCUT2D eigenvalue weighted by atomic mass is 32.2. The van der Waals surface area contributed by atoms with E-state index in [1.54, 1.807) is 0 Å². The second-order valence-electron chi connectivity index (χ2n) is 7.88. The average Bonchev–Trinajstić information content (AvgIpc) is 2.91. The number of phenols is 2. The smallest absolute Gasteiger partial charge is 0.206 e. The van der Waals surface area contributed by atoms with Crippen LogP contribution >= 0.6 is 0 Å². The van der Waals surface area contributed by atoms with Crippen molar-refractivity contribution in [2.45, 2.75) is 19.6 Å². The van der Waals surface area contributed by atoms with Crippen LogP contribution in [0.4, 0.5) is 0 Å². The second kappa shape index (κ2) is 10.9. The molecule has 0 fully saturated rings. The van der Waals surface area contributed by atoms with Gasteiger partial charge in [-0.05, 0) is 72.8 Å². The van der Waals surface area contributed by atoms with E-state index < -0.39 is 19.7 Å². The van der Waals surface area contributed by atoms with Crippen molar-refractivity contribution >= 4 is 19.7 Å². The summed E-state index contributed by atoms with van der Waals surface area (Å²) in [6.07, 6.45) is 2.18. The minimum Gasteiger partial charge on any atom is -0.508 e. The van der Waals surface area contributed by atoms with Crippen molar-refractivity contribution in [1.82, 2.24) is 0 Å². The molecule has 0 aromatic heterocycles. The highest BCUT2D eigenvalue weighted by Crippen LogP contribution is 2.40. The zero-order valence-electron chi connectivity index (χ0n) is 20.2. The van der Waals surface area contributed by atoms with Crippen LogP contribution in [0.5, 0.6) is 34.5 Å². The molecular formula is C28H22O9S2. The third-order valence-corrected chi connectivity index (χ3v) is 8.92. The van der Waals surface area contributed by atoms with Gasteiger partial charge in [0.25, 0.3) is 0 Å². The number of sulfone groups is 2. The van der Waals surface area contributed by atoms with Gasteiger partial charge in [-0.15, -0.1) is 0 Å². The van der Waals surface area contributed by atoms with Crippen molar-refractivity contribution in [3.05, 3.63) is 111 Å². The van der Waals surface area contributed by atoms with Gasteiger partial charge in [0.2, 0.25) is 19.7 Å². The number of phenolic OH excluding ortho intramolecular Hbond substituents is 2. The zero-order chi connectivity index (χ0) is 28.2. The Labute approximate surface area is 225 Å². The van der Waals surface area contributed by atoms with E-state index in [0.717, 1.165) is 12.5 Å². The van der Waals surface area contributed by atoms with E-state index in [0.29, 0.717) is 0 Å². The topological polar surface area (TPSA) is 136 Å². The zero-order valence-corrected chi connectivity index (χ0v) is 21.9. The Hall–Kier alpha value is -4.74. The lowest BCUT2D eigenvalue weighted by atomic mass is 10.3. The minimum absolute atomic E-state index is 0.00944. The maximum atomic E-state index is 13.1. The fourth-order valence-corrected chi connectivity index (χ4v) is 6.04. The summed E-state index contributed by atoms with van der Waals surface area (Å²) in [5.74, 6) is 0.0382. The summed E-state index contributed by atoms with van der Waals surface area (Å²) in [4.78, 5) is -0.276. The summed E-state index contributed by atoms with van der Waals surface area (Å²) in [6.45, 7) is 7.02. The number of hydrogen-bond donors (Lipinski definition) is 2. The molecule has 0 bridgehead atoms. The minimum atomic E-state index is -3.96. The fraction of sp³-hybridized carbons (Fsp3) is 0. The van der Waals surface area contributed by atoms with E-state index >= 15 is 0 Å². The third-order valence-electron chi connectivity index (χ3n) is 5.39. The molecule has 39 heavy (non-hydrogen) atoms. The number of hydrogen-bond acceptors (Lipinski definition) is 9. The van der Waals surface area contributed by atoms with Gasteiger partial charge in [-0.2, -0.15) is 0 Å². The van der Waals surface area contributed by atoms with Crippen LogP contribution in [0.1, 0.15) is 0 Å². The van der Waals surface area contributed by atoms with Gasteiger partial charge in [0.15, 0.2) is 23.0 Å². The third kappa shape index (κ3) is 5.74. The van der Waals surface area contributed by atoms with Gasteiger partial charge in [-0.3, -0.25) is 0 Å². The summed E-state index contributed by atoms with van der Waals surface area (Å²) in [7, 11) is -7.91. The Morgan fingerprint density at radius 3 is 1.18 bits per heavy atom. The Kier molecular flexibility index (Phi) is 7.65. The van der Waals surface area contributed by atoms with Crippen LogP contribution in [0.3, 0.4) is 0 Å². The molecule has 4 aromatic rings. The van der Waals surface area contributed by atoms with Gasteiger partial charge in [-0.25, -0.2) is 16.8 Å². The normalized spacial score (nSPS) is 11.4. The standard InChI is InChI=1S/C28H22O9S2/c1-3-35-27-17-23(38(31,32)21-9-5-19(29)6-10-21)13-15-25(27)37-26-16-14-24(18-28(26)36-4-2)39(33,34)22-11-7-20(30)8-12-22/h3-18,29-30H,1-2H2. The van der Waals surface area contributed by atoms with Crippen molar-refractivity contribution in [1.29, 1.82) is 0 Å². The predicted octanol–water partition coefficient (Wildman–Crippen LogP) is 5.60. The van der Waals surface area contributed by atoms with Crippen molar-refractivity contribution in [3.63, 3.8) is 0 Å². The monoisotopic (exact) mass is 566 g/mol. The van der Waals surface area contributed by atoms with Crippen LogP contribution in [0.25, 0.3) is 0 Å². The maximum absolute atomic E-state index is 13.1. The van der Waals surface area contributed by atoms with Crippen molar-refractivity contribution < 1.29 is 41.3 Å². The largest absolute Gasteiger partial charge is 0.508 e. The van der Waals surface area contributed by atoms with E-state index in [-0.39, 0.29) is 54.1 Å².